The van der Waals surface area contributed by atoms with Crippen LogP contribution in [0.15, 0.2) is 30.3 Å². The molecule has 0 saturated heterocycles. The smallest absolute Gasteiger partial charge is 0.343 e. The van der Waals surface area contributed by atoms with Gasteiger partial charge in [0.05, 0.1) is 0 Å². The fraction of sp³-hybridized carbons (Fsp3) is 0.111. The fourth-order valence-corrected chi connectivity index (χ4v) is 0.851. The Bertz CT molecular complexity index is 340. The Balaban J connectivity index is 2.28. The van der Waals surface area contributed by atoms with Crippen LogP contribution in [-0.2, 0) is 9.63 Å². The average molecular weight is 209 g/mol. The monoisotopic (exact) mass is 209 g/mol. The predicted octanol–water partition coefficient (Wildman–Crippen LogP) is 0.225. The van der Waals surface area contributed by atoms with Crippen LogP contribution in [-0.4, -0.2) is 18.5 Å². The lowest BCUT2D eigenvalue weighted by Gasteiger charge is -2.05. The predicted molar refractivity (Wildman–Crippen MR) is 53.7 cm³/mol. The second-order valence-electron chi connectivity index (χ2n) is 2.68. The normalized spacial score (nSPS) is 9.33. The summed E-state index contributed by atoms with van der Waals surface area (Å²) < 4.78 is 0. The van der Waals surface area contributed by atoms with E-state index in [1.807, 2.05) is 11.5 Å². The molecule has 0 saturated carbocycles. The molecule has 1 aromatic rings. The number of rotatable bonds is 4. The van der Waals surface area contributed by atoms with E-state index in [0.29, 0.717) is 5.69 Å². The van der Waals surface area contributed by atoms with Crippen molar-refractivity contribution in [2.45, 2.75) is 0 Å². The number of nitrogens with one attached hydrogen (secondary N) is 2. The van der Waals surface area contributed by atoms with E-state index in [1.165, 1.54) is 0 Å². The molecule has 0 heterocycles. The second kappa shape index (κ2) is 5.61. The van der Waals surface area contributed by atoms with Crippen LogP contribution in [0.3, 0.4) is 0 Å². The van der Waals surface area contributed by atoms with E-state index in [4.69, 9.17) is 5.73 Å². The van der Waals surface area contributed by atoms with E-state index in [1.54, 1.807) is 24.3 Å². The van der Waals surface area contributed by atoms with Gasteiger partial charge in [-0.25, -0.2) is 10.3 Å². The van der Waals surface area contributed by atoms with Gasteiger partial charge in [0, 0.05) is 5.69 Å². The zero-order chi connectivity index (χ0) is 11.1. The van der Waals surface area contributed by atoms with Gasteiger partial charge in [-0.05, 0) is 12.1 Å². The summed E-state index contributed by atoms with van der Waals surface area (Å²) in [7, 11) is 0. The van der Waals surface area contributed by atoms with E-state index in [0.717, 1.165) is 0 Å². The van der Waals surface area contributed by atoms with Crippen molar-refractivity contribution in [3.8, 4) is 0 Å². The number of para-hydroxylation sites is 1. The van der Waals surface area contributed by atoms with Crippen LogP contribution in [0.2, 0.25) is 0 Å². The zero-order valence-electron chi connectivity index (χ0n) is 7.90. The maximum atomic E-state index is 11.1. The number of anilines is 1. The maximum Gasteiger partial charge on any atom is 0.343 e. The molecule has 1 aromatic carbocycles. The summed E-state index contributed by atoms with van der Waals surface area (Å²) in [5.74, 6) is -0.657. The third kappa shape index (κ3) is 4.63. The quantitative estimate of drug-likeness (QED) is 0.619. The molecule has 15 heavy (non-hydrogen) atoms. The number of hydrogen-bond acceptors (Lipinski definition) is 3. The Morgan fingerprint density at radius 2 is 1.93 bits per heavy atom. The molecule has 0 aliphatic heterocycles. The first kappa shape index (κ1) is 11.0. The summed E-state index contributed by atoms with van der Waals surface area (Å²) in [6.07, 6.45) is 0. The molecule has 0 atom stereocenters. The summed E-state index contributed by atoms with van der Waals surface area (Å²) in [6.45, 7) is -0.359. The van der Waals surface area contributed by atoms with Gasteiger partial charge in [0.25, 0.3) is 0 Å². The van der Waals surface area contributed by atoms with Crippen molar-refractivity contribution in [1.29, 1.82) is 0 Å². The lowest BCUT2D eigenvalue weighted by Crippen LogP contribution is -2.32. The molecular weight excluding hydrogens is 198 g/mol. The van der Waals surface area contributed by atoms with Gasteiger partial charge in [0.1, 0.15) is 0 Å². The van der Waals surface area contributed by atoms with Crippen LogP contribution in [0.1, 0.15) is 0 Å². The molecule has 4 N–H and O–H groups in total. The molecule has 3 amide bonds. The molecule has 0 radical (unpaired) electrons. The minimum absolute atomic E-state index is 0.359. The third-order valence-corrected chi connectivity index (χ3v) is 1.41. The summed E-state index contributed by atoms with van der Waals surface area (Å²) in [4.78, 5) is 25.9. The first-order valence-electron chi connectivity index (χ1n) is 4.20. The topological polar surface area (TPSA) is 93.5 Å². The molecule has 0 bridgehead atoms. The number of amides is 3. The zero-order valence-corrected chi connectivity index (χ0v) is 7.90. The summed E-state index contributed by atoms with van der Waals surface area (Å²) >= 11 is 0. The van der Waals surface area contributed by atoms with Crippen LogP contribution < -0.4 is 16.5 Å². The van der Waals surface area contributed by atoms with Crippen molar-refractivity contribution in [1.82, 2.24) is 5.48 Å². The first-order valence-corrected chi connectivity index (χ1v) is 4.20. The molecule has 1 rings (SSSR count). The number of primary amides is 1. The van der Waals surface area contributed by atoms with E-state index in [9.17, 15) is 9.59 Å². The van der Waals surface area contributed by atoms with Crippen LogP contribution in [0.4, 0.5) is 10.5 Å². The average Bonchev–Trinajstić information content (AvgIpc) is 2.18. The first-order chi connectivity index (χ1) is 7.18. The number of hydroxylamine groups is 1. The van der Waals surface area contributed by atoms with Crippen LogP contribution in [0, 0.1) is 0 Å². The Labute approximate surface area is 86.4 Å². The van der Waals surface area contributed by atoms with Gasteiger partial charge in [-0.2, -0.15) is 0 Å². The number of nitrogens with two attached hydrogens (primary N) is 1. The molecule has 0 fully saturated rings. The minimum atomic E-state index is -0.657. The third-order valence-electron chi connectivity index (χ3n) is 1.41. The van der Waals surface area contributed by atoms with Crippen molar-refractivity contribution in [3.63, 3.8) is 0 Å². The Morgan fingerprint density at radius 3 is 2.53 bits per heavy atom. The molecule has 0 aromatic heterocycles. The van der Waals surface area contributed by atoms with E-state index in [2.05, 4.69) is 10.2 Å². The Morgan fingerprint density at radius 1 is 1.27 bits per heavy atom. The maximum absolute atomic E-state index is 11.1. The van der Waals surface area contributed by atoms with E-state index in [-0.39, 0.29) is 6.61 Å². The molecule has 0 aliphatic carbocycles. The van der Waals surface area contributed by atoms with Crippen molar-refractivity contribution in [2.75, 3.05) is 11.9 Å². The largest absolute Gasteiger partial charge is 0.368 e. The highest BCUT2D eigenvalue weighted by molar-refractivity contribution is 5.88. The highest BCUT2D eigenvalue weighted by Crippen LogP contribution is 2.03. The van der Waals surface area contributed by atoms with Gasteiger partial charge in [-0.3, -0.25) is 9.63 Å². The Hall–Kier alpha value is -2.08. The minimum Gasteiger partial charge on any atom is -0.368 e. The standard InChI is InChI=1S/C9H11N3O3/c10-8(13)6-15-12-9(14)11-7-4-2-1-3-5-7/h1-5H,6H2,(H2,10,13)(H2,11,12,14). The summed E-state index contributed by atoms with van der Waals surface area (Å²) in [5.41, 5.74) is 7.43. The highest BCUT2D eigenvalue weighted by Gasteiger charge is 2.01. The van der Waals surface area contributed by atoms with Crippen molar-refractivity contribution >= 4 is 17.6 Å². The van der Waals surface area contributed by atoms with Gasteiger partial charge in [-0.1, -0.05) is 18.2 Å². The number of hydrogen-bond donors (Lipinski definition) is 3. The Kier molecular flexibility index (Phi) is 4.11. The number of urea groups is 1. The number of carbonyl (C=O) groups is 2. The highest BCUT2D eigenvalue weighted by atomic mass is 16.7. The van der Waals surface area contributed by atoms with Gasteiger partial charge < -0.3 is 11.1 Å². The second-order valence-corrected chi connectivity index (χ2v) is 2.68. The molecule has 0 aliphatic rings. The fourth-order valence-electron chi connectivity index (χ4n) is 0.851. The lowest BCUT2D eigenvalue weighted by molar-refractivity contribution is -0.124. The molecule has 0 unspecified atom stereocenters. The van der Waals surface area contributed by atoms with Gasteiger partial charge in [0.2, 0.25) is 5.91 Å². The summed E-state index contributed by atoms with van der Waals surface area (Å²) in [5, 5.41) is 2.49. The molecular formula is C9H11N3O3. The van der Waals surface area contributed by atoms with Crippen molar-refractivity contribution < 1.29 is 14.4 Å². The molecule has 6 heteroatoms. The summed E-state index contributed by atoms with van der Waals surface area (Å²) in [6, 6.07) is 8.25. The van der Waals surface area contributed by atoms with E-state index >= 15 is 0 Å². The molecule has 6 nitrogen and oxygen atoms in total. The molecule has 0 spiro atoms. The van der Waals surface area contributed by atoms with Gasteiger partial charge in [0.15, 0.2) is 6.61 Å². The number of carbonyl (C=O) groups excluding carboxylic acids is 2. The lowest BCUT2D eigenvalue weighted by atomic mass is 10.3. The van der Waals surface area contributed by atoms with E-state index < -0.39 is 11.9 Å². The van der Waals surface area contributed by atoms with Crippen molar-refractivity contribution in [3.05, 3.63) is 30.3 Å². The van der Waals surface area contributed by atoms with Crippen LogP contribution in [0.25, 0.3) is 0 Å². The van der Waals surface area contributed by atoms with Crippen LogP contribution >= 0.6 is 0 Å². The van der Waals surface area contributed by atoms with Crippen molar-refractivity contribution in [2.24, 2.45) is 5.73 Å². The van der Waals surface area contributed by atoms with Gasteiger partial charge in [-0.15, -0.1) is 0 Å². The SMILES string of the molecule is NC(=O)CONC(=O)Nc1ccccc1. The van der Waals surface area contributed by atoms with Crippen LogP contribution in [0.5, 0.6) is 0 Å². The van der Waals surface area contributed by atoms with Gasteiger partial charge >= 0.3 is 6.03 Å². The number of benzene rings is 1. The molecule has 80 valence electrons.